The minimum absolute atomic E-state index is 0.112. The van der Waals surface area contributed by atoms with Crippen LogP contribution >= 0.6 is 0 Å². The molecule has 0 amide bonds. The second-order valence-electron chi connectivity index (χ2n) is 4.53. The van der Waals surface area contributed by atoms with Crippen LogP contribution in [0.5, 0.6) is 0 Å². The number of nitrogens with zero attached hydrogens (tertiary/aromatic N) is 1. The van der Waals surface area contributed by atoms with Crippen molar-refractivity contribution in [3.8, 4) is 0 Å². The normalized spacial score (nSPS) is 25.4. The second-order valence-corrected chi connectivity index (χ2v) is 4.53. The highest BCUT2D eigenvalue weighted by Gasteiger charge is 2.41. The SMILES string of the molecule is CC1=NOC2c3cccc4cccc(c34)C12. The lowest BCUT2D eigenvalue weighted by atomic mass is 9.95. The zero-order valence-electron chi connectivity index (χ0n) is 8.97. The van der Waals surface area contributed by atoms with Gasteiger partial charge in [0.1, 0.15) is 0 Å². The fraction of sp³-hybridized carbons (Fsp3) is 0.214. The van der Waals surface area contributed by atoms with Crippen molar-refractivity contribution < 1.29 is 4.84 Å². The Labute approximate surface area is 93.5 Å². The first kappa shape index (κ1) is 8.34. The van der Waals surface area contributed by atoms with Gasteiger partial charge in [0, 0.05) is 5.56 Å². The van der Waals surface area contributed by atoms with Crippen LogP contribution in [-0.4, -0.2) is 5.71 Å². The lowest BCUT2D eigenvalue weighted by molar-refractivity contribution is 0.0808. The van der Waals surface area contributed by atoms with Crippen molar-refractivity contribution in [2.45, 2.75) is 18.9 Å². The van der Waals surface area contributed by atoms with Gasteiger partial charge in [-0.1, -0.05) is 41.6 Å². The van der Waals surface area contributed by atoms with Crippen LogP contribution in [0.2, 0.25) is 0 Å². The highest BCUT2D eigenvalue weighted by atomic mass is 16.6. The molecule has 2 unspecified atom stereocenters. The maximum absolute atomic E-state index is 5.55. The summed E-state index contributed by atoms with van der Waals surface area (Å²) in [5.41, 5.74) is 3.75. The van der Waals surface area contributed by atoms with Gasteiger partial charge in [-0.05, 0) is 23.3 Å². The van der Waals surface area contributed by atoms with Gasteiger partial charge >= 0.3 is 0 Å². The number of benzene rings is 2. The number of rotatable bonds is 0. The summed E-state index contributed by atoms with van der Waals surface area (Å²) in [5, 5.41) is 6.80. The van der Waals surface area contributed by atoms with Crippen LogP contribution in [-0.2, 0) is 4.84 Å². The molecule has 2 aromatic carbocycles. The van der Waals surface area contributed by atoms with Crippen molar-refractivity contribution in [3.05, 3.63) is 47.5 Å². The van der Waals surface area contributed by atoms with Crippen LogP contribution in [0.15, 0.2) is 41.6 Å². The van der Waals surface area contributed by atoms with E-state index in [9.17, 15) is 0 Å². The zero-order valence-corrected chi connectivity index (χ0v) is 8.97. The van der Waals surface area contributed by atoms with Crippen molar-refractivity contribution in [3.63, 3.8) is 0 Å². The third-order valence-corrected chi connectivity index (χ3v) is 3.67. The first-order chi connectivity index (χ1) is 7.86. The molecule has 1 aliphatic heterocycles. The van der Waals surface area contributed by atoms with E-state index in [4.69, 9.17) is 4.84 Å². The monoisotopic (exact) mass is 209 g/mol. The van der Waals surface area contributed by atoms with E-state index >= 15 is 0 Å². The number of fused-ring (bicyclic) bond motifs is 3. The Morgan fingerprint density at radius 3 is 2.62 bits per heavy atom. The van der Waals surface area contributed by atoms with E-state index in [1.165, 1.54) is 21.9 Å². The van der Waals surface area contributed by atoms with Crippen molar-refractivity contribution in [1.82, 2.24) is 0 Å². The first-order valence-electron chi connectivity index (χ1n) is 5.58. The van der Waals surface area contributed by atoms with E-state index in [0.29, 0.717) is 5.92 Å². The van der Waals surface area contributed by atoms with E-state index in [2.05, 4.69) is 48.5 Å². The van der Waals surface area contributed by atoms with Crippen molar-refractivity contribution in [2.24, 2.45) is 5.16 Å². The molecule has 0 bridgehead atoms. The van der Waals surface area contributed by atoms with E-state index in [0.717, 1.165) is 5.71 Å². The molecule has 0 spiro atoms. The molecule has 78 valence electrons. The van der Waals surface area contributed by atoms with Crippen LogP contribution < -0.4 is 0 Å². The number of hydrogen-bond donors (Lipinski definition) is 0. The van der Waals surface area contributed by atoms with E-state index in [1.807, 2.05) is 0 Å². The summed E-state index contributed by atoms with van der Waals surface area (Å²) in [4.78, 5) is 5.55. The molecule has 16 heavy (non-hydrogen) atoms. The molecule has 2 atom stereocenters. The molecule has 2 nitrogen and oxygen atoms in total. The highest BCUT2D eigenvalue weighted by Crippen LogP contribution is 2.50. The molecule has 4 rings (SSSR count). The average molecular weight is 209 g/mol. The summed E-state index contributed by atoms with van der Waals surface area (Å²) in [6, 6.07) is 12.9. The lowest BCUT2D eigenvalue weighted by Gasteiger charge is -2.09. The predicted octanol–water partition coefficient (Wildman–Crippen LogP) is 3.38. The van der Waals surface area contributed by atoms with Gasteiger partial charge < -0.3 is 4.84 Å². The standard InChI is InChI=1S/C14H11NO/c1-8-12-10-6-2-4-9-5-3-7-11(13(9)10)14(12)16-15-8/h2-7,12,14H,1H3. The molecule has 2 aromatic rings. The van der Waals surface area contributed by atoms with Crippen LogP contribution in [0.25, 0.3) is 10.8 Å². The molecule has 2 heteroatoms. The van der Waals surface area contributed by atoms with Crippen LogP contribution in [0.3, 0.4) is 0 Å². The summed E-state index contributed by atoms with van der Waals surface area (Å²) in [6.07, 6.45) is 0.112. The molecule has 0 saturated heterocycles. The third-order valence-electron chi connectivity index (χ3n) is 3.67. The molecule has 0 radical (unpaired) electrons. The van der Waals surface area contributed by atoms with Gasteiger partial charge in [-0.2, -0.15) is 0 Å². The Kier molecular flexibility index (Phi) is 1.38. The molecule has 1 aliphatic carbocycles. The Morgan fingerprint density at radius 2 is 1.81 bits per heavy atom. The fourth-order valence-corrected chi connectivity index (χ4v) is 3.00. The zero-order chi connectivity index (χ0) is 10.7. The van der Waals surface area contributed by atoms with Crippen molar-refractivity contribution in [1.29, 1.82) is 0 Å². The van der Waals surface area contributed by atoms with E-state index in [1.54, 1.807) is 0 Å². The smallest absolute Gasteiger partial charge is 0.165 e. The van der Waals surface area contributed by atoms with Crippen LogP contribution in [0.1, 0.15) is 30.1 Å². The molecular weight excluding hydrogens is 198 g/mol. The van der Waals surface area contributed by atoms with Gasteiger partial charge in [-0.15, -0.1) is 0 Å². The largest absolute Gasteiger partial charge is 0.387 e. The average Bonchev–Trinajstić information content (AvgIpc) is 2.83. The summed E-state index contributed by atoms with van der Waals surface area (Å²) < 4.78 is 0. The summed E-state index contributed by atoms with van der Waals surface area (Å²) in [5.74, 6) is 0.334. The Balaban J connectivity index is 2.14. The predicted molar refractivity (Wildman–Crippen MR) is 63.6 cm³/mol. The van der Waals surface area contributed by atoms with Crippen LogP contribution in [0.4, 0.5) is 0 Å². The molecule has 0 N–H and O–H groups in total. The van der Waals surface area contributed by atoms with Gasteiger partial charge in [0.05, 0.1) is 11.6 Å². The van der Waals surface area contributed by atoms with Gasteiger partial charge in [-0.3, -0.25) is 0 Å². The molecule has 0 fully saturated rings. The molecule has 0 aromatic heterocycles. The van der Waals surface area contributed by atoms with Gasteiger partial charge in [0.15, 0.2) is 6.10 Å². The highest BCUT2D eigenvalue weighted by molar-refractivity contribution is 6.01. The van der Waals surface area contributed by atoms with Gasteiger partial charge in [0.2, 0.25) is 0 Å². The minimum Gasteiger partial charge on any atom is -0.387 e. The van der Waals surface area contributed by atoms with E-state index < -0.39 is 0 Å². The number of hydrogen-bond acceptors (Lipinski definition) is 2. The molecule has 2 aliphatic rings. The molecule has 1 heterocycles. The molecule has 0 saturated carbocycles. The van der Waals surface area contributed by atoms with Gasteiger partial charge in [-0.25, -0.2) is 0 Å². The Hall–Kier alpha value is -1.83. The van der Waals surface area contributed by atoms with Crippen molar-refractivity contribution >= 4 is 16.5 Å². The summed E-state index contributed by atoms with van der Waals surface area (Å²) in [6.45, 7) is 2.05. The fourth-order valence-electron chi connectivity index (χ4n) is 3.00. The minimum atomic E-state index is 0.112. The lowest BCUT2D eigenvalue weighted by Crippen LogP contribution is -2.06. The number of oxime groups is 1. The topological polar surface area (TPSA) is 21.6 Å². The maximum Gasteiger partial charge on any atom is 0.165 e. The maximum atomic E-state index is 5.55. The second kappa shape index (κ2) is 2.64. The Bertz CT molecular complexity index is 624. The van der Waals surface area contributed by atoms with Crippen molar-refractivity contribution in [2.75, 3.05) is 0 Å². The van der Waals surface area contributed by atoms with Crippen LogP contribution in [0, 0.1) is 0 Å². The quantitative estimate of drug-likeness (QED) is 0.651. The molecular formula is C14H11NO. The van der Waals surface area contributed by atoms with E-state index in [-0.39, 0.29) is 6.10 Å². The first-order valence-corrected chi connectivity index (χ1v) is 5.58. The Morgan fingerprint density at radius 1 is 1.06 bits per heavy atom. The van der Waals surface area contributed by atoms with Gasteiger partial charge in [0.25, 0.3) is 0 Å². The summed E-state index contributed by atoms with van der Waals surface area (Å²) >= 11 is 0. The third kappa shape index (κ3) is 0.815. The summed E-state index contributed by atoms with van der Waals surface area (Å²) in [7, 11) is 0.